The molecule has 1 N–H and O–H groups in total. The number of Topliss-reactive ketones (excluding diaryl/α,β-unsaturated/α-hetero) is 1. The number of rotatable bonds is 3. The molecule has 0 aliphatic carbocycles. The summed E-state index contributed by atoms with van der Waals surface area (Å²) in [4.78, 5) is 42.4. The zero-order valence-corrected chi connectivity index (χ0v) is 18.8. The van der Waals surface area contributed by atoms with E-state index in [1.165, 1.54) is 7.11 Å². The lowest BCUT2D eigenvalue weighted by Crippen LogP contribution is -2.75. The van der Waals surface area contributed by atoms with Crippen LogP contribution in [0, 0.1) is 10.8 Å². The van der Waals surface area contributed by atoms with Crippen molar-refractivity contribution in [2.24, 2.45) is 10.8 Å². The molecule has 4 fully saturated rings. The lowest BCUT2D eigenvalue weighted by molar-refractivity contribution is -0.197. The third-order valence-electron chi connectivity index (χ3n) is 7.43. The summed E-state index contributed by atoms with van der Waals surface area (Å²) >= 11 is 0. The molecule has 0 unspecified atom stereocenters. The molecular weight excluding hydrogens is 422 g/mol. The van der Waals surface area contributed by atoms with E-state index in [0.29, 0.717) is 17.0 Å². The van der Waals surface area contributed by atoms with Gasteiger partial charge in [-0.1, -0.05) is 26.0 Å². The SMILES string of the molecule is COC(=O)c1cn(-c2cccc(C3N4CC5(C)CN3CC(C)(C4)C5=O)c2)cc2c(=O)[nH]nc1-2. The average molecular weight is 447 g/mol. The van der Waals surface area contributed by atoms with Crippen LogP contribution in [0.4, 0.5) is 0 Å². The van der Waals surface area contributed by atoms with Crippen molar-refractivity contribution < 1.29 is 14.3 Å². The number of carbonyl (C=O) groups excluding carboxylic acids is 2. The van der Waals surface area contributed by atoms with Gasteiger partial charge >= 0.3 is 5.97 Å². The van der Waals surface area contributed by atoms with Crippen molar-refractivity contribution in [1.82, 2.24) is 24.6 Å². The highest BCUT2D eigenvalue weighted by Crippen LogP contribution is 2.52. The van der Waals surface area contributed by atoms with Crippen LogP contribution in [0.1, 0.15) is 35.9 Å². The largest absolute Gasteiger partial charge is 0.465 e. The molecule has 0 atom stereocenters. The highest BCUT2D eigenvalue weighted by molar-refractivity contribution is 5.96. The van der Waals surface area contributed by atoms with Crippen molar-refractivity contribution in [3.8, 4) is 16.9 Å². The van der Waals surface area contributed by atoms with Gasteiger partial charge in [-0.3, -0.25) is 19.4 Å². The number of nitrogens with zero attached hydrogens (tertiary/aromatic N) is 4. The van der Waals surface area contributed by atoms with E-state index in [2.05, 4.69) is 46.0 Å². The molecule has 6 aliphatic rings. The molecule has 6 heterocycles. The Labute approximate surface area is 190 Å². The molecule has 33 heavy (non-hydrogen) atoms. The molecule has 170 valence electrons. The number of benzene rings is 1. The van der Waals surface area contributed by atoms with Crippen molar-refractivity contribution in [3.63, 3.8) is 0 Å². The maximum absolute atomic E-state index is 13.0. The van der Waals surface area contributed by atoms with Crippen molar-refractivity contribution in [2.45, 2.75) is 20.0 Å². The number of fused-ring (bicyclic) bond motifs is 1. The number of aromatic amines is 1. The van der Waals surface area contributed by atoms with Gasteiger partial charge < -0.3 is 9.30 Å². The normalized spacial score (nSPS) is 32.5. The summed E-state index contributed by atoms with van der Waals surface area (Å²) in [6.07, 6.45) is 3.42. The first-order valence-electron chi connectivity index (χ1n) is 11.0. The second-order valence-electron chi connectivity index (χ2n) is 10.1. The Morgan fingerprint density at radius 2 is 1.76 bits per heavy atom. The van der Waals surface area contributed by atoms with Crippen molar-refractivity contribution in [3.05, 3.63) is 58.1 Å². The van der Waals surface area contributed by atoms with Gasteiger partial charge in [0.1, 0.15) is 17.0 Å². The van der Waals surface area contributed by atoms with Gasteiger partial charge in [0.2, 0.25) is 0 Å². The second-order valence-corrected chi connectivity index (χ2v) is 10.1. The van der Waals surface area contributed by atoms with Crippen LogP contribution in [-0.4, -0.2) is 69.6 Å². The first-order valence-corrected chi connectivity index (χ1v) is 11.0. The molecule has 0 radical (unpaired) electrons. The molecule has 4 saturated heterocycles. The number of hydrogen-bond donors (Lipinski definition) is 1. The third kappa shape index (κ3) is 2.79. The maximum atomic E-state index is 13.0. The highest BCUT2D eigenvalue weighted by atomic mass is 16.5. The first-order chi connectivity index (χ1) is 15.7. The van der Waals surface area contributed by atoms with E-state index in [1.807, 2.05) is 12.1 Å². The number of ketones is 1. The van der Waals surface area contributed by atoms with Gasteiger partial charge in [-0.25, -0.2) is 9.89 Å². The van der Waals surface area contributed by atoms with Crippen LogP contribution in [-0.2, 0) is 9.53 Å². The quantitative estimate of drug-likeness (QED) is 0.610. The number of carbonyl (C=O) groups is 2. The van der Waals surface area contributed by atoms with Gasteiger partial charge in [0.15, 0.2) is 0 Å². The molecule has 0 saturated carbocycles. The van der Waals surface area contributed by atoms with Crippen molar-refractivity contribution in [2.75, 3.05) is 33.3 Å². The number of ether oxygens (including phenoxy) is 1. The predicted molar refractivity (Wildman–Crippen MR) is 119 cm³/mol. The minimum atomic E-state index is -0.554. The molecule has 9 heteroatoms. The lowest BCUT2D eigenvalue weighted by Gasteiger charge is -2.64. The molecule has 1 aromatic rings. The molecule has 9 nitrogen and oxygen atoms in total. The fourth-order valence-corrected chi connectivity index (χ4v) is 6.31. The van der Waals surface area contributed by atoms with E-state index < -0.39 is 5.97 Å². The predicted octanol–water partition coefficient (Wildman–Crippen LogP) is 1.68. The monoisotopic (exact) mass is 447 g/mol. The van der Waals surface area contributed by atoms with E-state index in [1.54, 1.807) is 17.0 Å². The number of esters is 1. The summed E-state index contributed by atoms with van der Waals surface area (Å²) in [6, 6.07) is 8.10. The fraction of sp³-hybridized carbons (Fsp3) is 0.417. The Morgan fingerprint density at radius 1 is 1.09 bits per heavy atom. The fourth-order valence-electron chi connectivity index (χ4n) is 6.31. The van der Waals surface area contributed by atoms with Crippen LogP contribution < -0.4 is 5.56 Å². The Bertz CT molecular complexity index is 1300. The van der Waals surface area contributed by atoms with Crippen LogP contribution in [0.2, 0.25) is 0 Å². The molecule has 0 spiro atoms. The highest BCUT2D eigenvalue weighted by Gasteiger charge is 2.62. The maximum Gasteiger partial charge on any atom is 0.341 e. The molecule has 4 bridgehead atoms. The number of aromatic nitrogens is 3. The standard InChI is InChI=1S/C24H25N5O4/c1-23-10-28-12-24(2,22(23)32)13-29(11-23)20(28)14-5-4-6-15(7-14)27-8-16-18(25-26-19(16)30)17(9-27)21(31)33-3/h4-9,20H,10-13H2,1-3H3,(H,26,30). The smallest absolute Gasteiger partial charge is 0.341 e. The van der Waals surface area contributed by atoms with Crippen molar-refractivity contribution >= 4 is 11.8 Å². The number of H-pyrrole nitrogens is 1. The Balaban J connectivity index is 1.42. The van der Waals surface area contributed by atoms with Crippen LogP contribution in [0.5, 0.6) is 0 Å². The zero-order chi connectivity index (χ0) is 23.1. The third-order valence-corrected chi connectivity index (χ3v) is 7.43. The van der Waals surface area contributed by atoms with Gasteiger partial charge in [0.25, 0.3) is 5.56 Å². The molecule has 7 rings (SSSR count). The van der Waals surface area contributed by atoms with E-state index in [9.17, 15) is 14.4 Å². The van der Waals surface area contributed by atoms with Crippen LogP contribution >= 0.6 is 0 Å². The minimum Gasteiger partial charge on any atom is -0.465 e. The van der Waals surface area contributed by atoms with Crippen LogP contribution in [0.25, 0.3) is 16.9 Å². The Hall–Kier alpha value is -3.30. The van der Waals surface area contributed by atoms with Gasteiger partial charge in [-0.15, -0.1) is 0 Å². The summed E-state index contributed by atoms with van der Waals surface area (Å²) < 4.78 is 6.67. The summed E-state index contributed by atoms with van der Waals surface area (Å²) in [5.74, 6) is -0.163. The summed E-state index contributed by atoms with van der Waals surface area (Å²) in [5, 5.41) is 6.41. The molecule has 0 aromatic heterocycles. The second kappa shape index (κ2) is 6.61. The van der Waals surface area contributed by atoms with Crippen LogP contribution in [0.15, 0.2) is 41.5 Å². The lowest BCUT2D eigenvalue weighted by atomic mass is 9.62. The van der Waals surface area contributed by atoms with Gasteiger partial charge in [-0.05, 0) is 17.7 Å². The summed E-state index contributed by atoms with van der Waals surface area (Å²) in [5.41, 5.74) is 1.79. The van der Waals surface area contributed by atoms with E-state index in [4.69, 9.17) is 4.74 Å². The van der Waals surface area contributed by atoms with Crippen molar-refractivity contribution in [1.29, 1.82) is 0 Å². The van der Waals surface area contributed by atoms with E-state index >= 15 is 0 Å². The molecule has 0 amide bonds. The van der Waals surface area contributed by atoms with E-state index in [-0.39, 0.29) is 28.1 Å². The number of piperidine rings is 2. The molecular formula is C24H25N5O4. The number of nitrogens with one attached hydrogen (secondary N) is 1. The number of pyridine rings is 1. The van der Waals surface area contributed by atoms with Crippen LogP contribution in [0.3, 0.4) is 0 Å². The Morgan fingerprint density at radius 3 is 2.39 bits per heavy atom. The van der Waals surface area contributed by atoms with E-state index in [0.717, 1.165) is 37.4 Å². The zero-order valence-electron chi connectivity index (χ0n) is 18.8. The minimum absolute atomic E-state index is 0.0904. The topological polar surface area (TPSA) is 101 Å². The van der Waals surface area contributed by atoms with Gasteiger partial charge in [0, 0.05) is 44.3 Å². The van der Waals surface area contributed by atoms with Gasteiger partial charge in [0.05, 0.1) is 29.7 Å². The number of methoxy groups -OCH3 is 1. The molecule has 1 aromatic carbocycles. The van der Waals surface area contributed by atoms with Gasteiger partial charge in [-0.2, -0.15) is 5.10 Å². The molecule has 6 aliphatic heterocycles. The number of hydrogen-bond acceptors (Lipinski definition) is 7. The Kier molecular flexibility index (Phi) is 4.07. The summed E-state index contributed by atoms with van der Waals surface area (Å²) in [7, 11) is 1.30. The summed E-state index contributed by atoms with van der Waals surface area (Å²) in [6.45, 7) is 7.20. The average Bonchev–Trinajstić information content (AvgIpc) is 3.16. The first kappa shape index (κ1) is 20.3.